The lowest BCUT2D eigenvalue weighted by Crippen LogP contribution is -2.21. The Labute approximate surface area is 121 Å². The van der Waals surface area contributed by atoms with Gasteiger partial charge in [0, 0.05) is 12.6 Å². The molecule has 0 saturated carbocycles. The van der Waals surface area contributed by atoms with E-state index in [1.165, 1.54) is 18.2 Å². The smallest absolute Gasteiger partial charge is 0.251 e. The number of fused-ring (bicyclic) bond motifs is 1. The second kappa shape index (κ2) is 5.50. The zero-order valence-corrected chi connectivity index (χ0v) is 11.4. The fourth-order valence-corrected chi connectivity index (χ4v) is 2.52. The average molecular weight is 282 g/mol. The van der Waals surface area contributed by atoms with Gasteiger partial charge >= 0.3 is 0 Å². The lowest BCUT2D eigenvalue weighted by atomic mass is 10.1. The first-order chi connectivity index (χ1) is 10.2. The molecule has 0 amide bonds. The summed E-state index contributed by atoms with van der Waals surface area (Å²) >= 11 is 0. The molecule has 0 spiro atoms. The summed E-state index contributed by atoms with van der Waals surface area (Å²) in [5.74, 6) is -0.324. The lowest BCUT2D eigenvalue weighted by molar-refractivity contribution is 0.622. The van der Waals surface area contributed by atoms with Gasteiger partial charge in [0.25, 0.3) is 5.56 Å². The summed E-state index contributed by atoms with van der Waals surface area (Å²) in [4.78, 5) is 12.2. The van der Waals surface area contributed by atoms with Crippen molar-refractivity contribution in [1.29, 1.82) is 0 Å². The Hall–Kier alpha value is -2.46. The highest BCUT2D eigenvalue weighted by Crippen LogP contribution is 2.16. The summed E-state index contributed by atoms with van der Waals surface area (Å²) < 4.78 is 15.1. The number of aromatic nitrogens is 1. The van der Waals surface area contributed by atoms with E-state index >= 15 is 0 Å². The Bertz CT molecular complexity index is 855. The molecule has 0 aliphatic heterocycles. The van der Waals surface area contributed by atoms with Crippen molar-refractivity contribution in [1.82, 2.24) is 4.57 Å². The molecule has 0 aliphatic rings. The third kappa shape index (κ3) is 2.58. The van der Waals surface area contributed by atoms with Crippen LogP contribution in [0.2, 0.25) is 0 Å². The fraction of sp³-hybridized carbons (Fsp3) is 0.118. The van der Waals surface area contributed by atoms with Gasteiger partial charge < -0.3 is 10.3 Å². The van der Waals surface area contributed by atoms with Crippen molar-refractivity contribution in [2.24, 2.45) is 5.73 Å². The molecule has 0 fully saturated rings. The lowest BCUT2D eigenvalue weighted by Gasteiger charge is -2.13. The number of hydrogen-bond acceptors (Lipinski definition) is 2. The standard InChI is InChI=1S/C17H15FN2O/c18-15-7-5-13(10-19)14(9-15)11-20-16-4-2-1-3-12(16)6-8-17(20)21/h1-9H,10-11,19H2. The monoisotopic (exact) mass is 282 g/mol. The third-order valence-electron chi connectivity index (χ3n) is 3.62. The van der Waals surface area contributed by atoms with E-state index in [2.05, 4.69) is 0 Å². The molecule has 2 N–H and O–H groups in total. The number of benzene rings is 2. The van der Waals surface area contributed by atoms with Crippen LogP contribution in [0.25, 0.3) is 10.9 Å². The van der Waals surface area contributed by atoms with Gasteiger partial charge in [0.05, 0.1) is 12.1 Å². The Balaban J connectivity index is 2.16. The van der Waals surface area contributed by atoms with Crippen LogP contribution in [0.3, 0.4) is 0 Å². The Morgan fingerprint density at radius 2 is 1.81 bits per heavy atom. The van der Waals surface area contributed by atoms with Crippen molar-refractivity contribution in [3.8, 4) is 0 Å². The highest BCUT2D eigenvalue weighted by Gasteiger charge is 2.08. The van der Waals surface area contributed by atoms with Gasteiger partial charge in [-0.05, 0) is 40.8 Å². The van der Waals surface area contributed by atoms with Gasteiger partial charge in [-0.15, -0.1) is 0 Å². The van der Waals surface area contributed by atoms with E-state index in [4.69, 9.17) is 5.73 Å². The Morgan fingerprint density at radius 1 is 1.00 bits per heavy atom. The fourth-order valence-electron chi connectivity index (χ4n) is 2.52. The summed E-state index contributed by atoms with van der Waals surface area (Å²) in [6.07, 6.45) is 0. The molecule has 3 nitrogen and oxygen atoms in total. The first kappa shape index (κ1) is 13.5. The number of nitrogens with two attached hydrogens (primary N) is 1. The largest absolute Gasteiger partial charge is 0.326 e. The molecule has 0 radical (unpaired) electrons. The molecule has 3 rings (SSSR count). The minimum Gasteiger partial charge on any atom is -0.326 e. The van der Waals surface area contributed by atoms with Crippen molar-refractivity contribution < 1.29 is 4.39 Å². The van der Waals surface area contributed by atoms with E-state index in [0.29, 0.717) is 13.1 Å². The predicted octanol–water partition coefficient (Wildman–Crippen LogP) is 2.65. The number of pyridine rings is 1. The minimum atomic E-state index is -0.324. The van der Waals surface area contributed by atoms with Crippen LogP contribution in [0.1, 0.15) is 11.1 Å². The maximum atomic E-state index is 13.5. The molecule has 21 heavy (non-hydrogen) atoms. The summed E-state index contributed by atoms with van der Waals surface area (Å²) in [6, 6.07) is 15.5. The minimum absolute atomic E-state index is 0.110. The molecule has 1 aromatic heterocycles. The summed E-state index contributed by atoms with van der Waals surface area (Å²) in [5, 5.41) is 0.975. The molecule has 4 heteroatoms. The van der Waals surface area contributed by atoms with Crippen molar-refractivity contribution in [2.75, 3.05) is 0 Å². The molecule has 3 aromatic rings. The topological polar surface area (TPSA) is 48.0 Å². The van der Waals surface area contributed by atoms with Gasteiger partial charge in [-0.2, -0.15) is 0 Å². The first-order valence-electron chi connectivity index (χ1n) is 6.75. The van der Waals surface area contributed by atoms with Gasteiger partial charge in [0.1, 0.15) is 5.82 Å². The molecule has 0 atom stereocenters. The molecular formula is C17H15FN2O. The van der Waals surface area contributed by atoms with E-state index in [-0.39, 0.29) is 11.4 Å². The number of para-hydroxylation sites is 1. The number of rotatable bonds is 3. The molecule has 106 valence electrons. The molecule has 0 unspecified atom stereocenters. The Kier molecular flexibility index (Phi) is 3.54. The number of hydrogen-bond donors (Lipinski definition) is 1. The van der Waals surface area contributed by atoms with Crippen LogP contribution in [0.15, 0.2) is 59.4 Å². The van der Waals surface area contributed by atoms with Crippen LogP contribution >= 0.6 is 0 Å². The van der Waals surface area contributed by atoms with Crippen molar-refractivity contribution in [3.05, 3.63) is 81.9 Å². The molecule has 2 aromatic carbocycles. The van der Waals surface area contributed by atoms with Crippen molar-refractivity contribution >= 4 is 10.9 Å². The molecule has 0 aliphatic carbocycles. The number of halogens is 1. The van der Waals surface area contributed by atoms with Crippen LogP contribution in [0.4, 0.5) is 4.39 Å². The van der Waals surface area contributed by atoms with Crippen LogP contribution in [0.5, 0.6) is 0 Å². The third-order valence-corrected chi connectivity index (χ3v) is 3.62. The second-order valence-electron chi connectivity index (χ2n) is 4.93. The maximum absolute atomic E-state index is 13.5. The molecular weight excluding hydrogens is 267 g/mol. The Morgan fingerprint density at radius 3 is 2.62 bits per heavy atom. The van der Waals surface area contributed by atoms with Gasteiger partial charge in [-0.25, -0.2) is 4.39 Å². The number of nitrogens with zero attached hydrogens (tertiary/aromatic N) is 1. The van der Waals surface area contributed by atoms with Crippen LogP contribution in [-0.4, -0.2) is 4.57 Å². The average Bonchev–Trinajstić information content (AvgIpc) is 2.50. The zero-order chi connectivity index (χ0) is 14.8. The quantitative estimate of drug-likeness (QED) is 0.803. The summed E-state index contributed by atoms with van der Waals surface area (Å²) in [7, 11) is 0. The van der Waals surface area contributed by atoms with E-state index in [1.807, 2.05) is 24.3 Å². The summed E-state index contributed by atoms with van der Waals surface area (Å²) in [6.45, 7) is 0.625. The van der Waals surface area contributed by atoms with Gasteiger partial charge in [0.15, 0.2) is 0 Å². The van der Waals surface area contributed by atoms with Gasteiger partial charge in [0.2, 0.25) is 0 Å². The first-order valence-corrected chi connectivity index (χ1v) is 6.75. The molecule has 1 heterocycles. The molecule has 0 saturated heterocycles. The van der Waals surface area contributed by atoms with Crippen molar-refractivity contribution in [2.45, 2.75) is 13.1 Å². The maximum Gasteiger partial charge on any atom is 0.251 e. The highest BCUT2D eigenvalue weighted by molar-refractivity contribution is 5.78. The highest BCUT2D eigenvalue weighted by atomic mass is 19.1. The summed E-state index contributed by atoms with van der Waals surface area (Å²) in [5.41, 5.74) is 7.99. The SMILES string of the molecule is NCc1ccc(F)cc1Cn1c(=O)ccc2ccccc21. The normalized spacial score (nSPS) is 11.0. The zero-order valence-electron chi connectivity index (χ0n) is 11.4. The van der Waals surface area contributed by atoms with Crippen LogP contribution in [0, 0.1) is 5.82 Å². The second-order valence-corrected chi connectivity index (χ2v) is 4.93. The molecule has 0 bridgehead atoms. The predicted molar refractivity (Wildman–Crippen MR) is 81.6 cm³/mol. The van der Waals surface area contributed by atoms with Crippen LogP contribution in [-0.2, 0) is 13.1 Å². The van der Waals surface area contributed by atoms with E-state index in [1.54, 1.807) is 16.7 Å². The van der Waals surface area contributed by atoms with E-state index in [0.717, 1.165) is 22.0 Å². The van der Waals surface area contributed by atoms with Gasteiger partial charge in [-0.1, -0.05) is 24.3 Å². The van der Waals surface area contributed by atoms with E-state index < -0.39 is 0 Å². The van der Waals surface area contributed by atoms with Crippen molar-refractivity contribution in [3.63, 3.8) is 0 Å². The van der Waals surface area contributed by atoms with Gasteiger partial charge in [-0.3, -0.25) is 4.79 Å². The van der Waals surface area contributed by atoms with E-state index in [9.17, 15) is 9.18 Å². The van der Waals surface area contributed by atoms with Crippen LogP contribution < -0.4 is 11.3 Å².